The van der Waals surface area contributed by atoms with Crippen LogP contribution in [0.2, 0.25) is 0 Å². The number of rotatable bonds is 6. The molecule has 0 fully saturated rings. The largest absolute Gasteiger partial charge is 0.335 e. The minimum absolute atomic E-state index is 0.102. The van der Waals surface area contributed by atoms with Crippen molar-refractivity contribution in [2.24, 2.45) is 0 Å². The van der Waals surface area contributed by atoms with Crippen LogP contribution in [0, 0.1) is 0 Å². The summed E-state index contributed by atoms with van der Waals surface area (Å²) in [5.74, 6) is 0.463. The third-order valence-electron chi connectivity index (χ3n) is 2.86. The van der Waals surface area contributed by atoms with E-state index in [1.54, 1.807) is 0 Å². The van der Waals surface area contributed by atoms with Crippen LogP contribution in [-0.2, 0) is 11.3 Å². The van der Waals surface area contributed by atoms with E-state index in [4.69, 9.17) is 0 Å². The van der Waals surface area contributed by atoms with Crippen molar-refractivity contribution in [1.82, 2.24) is 20.1 Å². The third-order valence-corrected chi connectivity index (χ3v) is 3.73. The van der Waals surface area contributed by atoms with Gasteiger partial charge in [0.25, 0.3) is 0 Å². The summed E-state index contributed by atoms with van der Waals surface area (Å²) in [6.45, 7) is 4.69. The van der Waals surface area contributed by atoms with Gasteiger partial charge in [-0.2, -0.15) is 5.10 Å². The number of aromatic amines is 1. The second-order valence-electron chi connectivity index (χ2n) is 4.68. The number of nitrogens with one attached hydrogen (secondary N) is 1. The number of benzene rings is 1. The van der Waals surface area contributed by atoms with E-state index in [1.165, 1.54) is 18.1 Å². The van der Waals surface area contributed by atoms with Crippen LogP contribution < -0.4 is 0 Å². The lowest BCUT2D eigenvalue weighted by Crippen LogP contribution is -2.37. The van der Waals surface area contributed by atoms with Gasteiger partial charge in [0.05, 0.1) is 5.75 Å². The molecule has 5 nitrogen and oxygen atoms in total. The average Bonchev–Trinajstić information content (AvgIpc) is 2.96. The van der Waals surface area contributed by atoms with Gasteiger partial charge in [-0.3, -0.25) is 9.89 Å². The SMILES string of the molecule is CC(C)N(Cc1ccccc1)C(=O)CSc1ncn[nH]1. The fraction of sp³-hybridized carbons (Fsp3) is 0.357. The average molecular weight is 290 g/mol. The quantitative estimate of drug-likeness (QED) is 0.829. The molecule has 0 saturated heterocycles. The van der Waals surface area contributed by atoms with Crippen molar-refractivity contribution in [3.05, 3.63) is 42.2 Å². The normalized spacial score (nSPS) is 10.8. The molecule has 106 valence electrons. The fourth-order valence-corrected chi connectivity index (χ4v) is 2.48. The molecule has 1 aromatic carbocycles. The first kappa shape index (κ1) is 14.6. The highest BCUT2D eigenvalue weighted by molar-refractivity contribution is 7.99. The van der Waals surface area contributed by atoms with E-state index in [0.29, 0.717) is 17.5 Å². The number of amides is 1. The van der Waals surface area contributed by atoms with Gasteiger partial charge in [-0.15, -0.1) is 0 Å². The molecule has 0 spiro atoms. The van der Waals surface area contributed by atoms with E-state index in [9.17, 15) is 4.79 Å². The number of aromatic nitrogens is 3. The molecular weight excluding hydrogens is 272 g/mol. The maximum atomic E-state index is 12.3. The van der Waals surface area contributed by atoms with Crippen LogP contribution in [0.4, 0.5) is 0 Å². The van der Waals surface area contributed by atoms with Crippen LogP contribution in [0.15, 0.2) is 41.8 Å². The van der Waals surface area contributed by atoms with Crippen LogP contribution >= 0.6 is 11.8 Å². The van der Waals surface area contributed by atoms with Crippen LogP contribution in [0.25, 0.3) is 0 Å². The number of carbonyl (C=O) groups is 1. The molecule has 20 heavy (non-hydrogen) atoms. The van der Waals surface area contributed by atoms with Gasteiger partial charge < -0.3 is 4.90 Å². The van der Waals surface area contributed by atoms with Gasteiger partial charge in [-0.25, -0.2) is 4.98 Å². The summed E-state index contributed by atoms with van der Waals surface area (Å²) in [6, 6.07) is 10.2. The second kappa shape index (κ2) is 7.09. The molecule has 0 saturated carbocycles. The van der Waals surface area contributed by atoms with Gasteiger partial charge in [0.15, 0.2) is 5.16 Å². The molecule has 1 aromatic heterocycles. The molecule has 0 aliphatic carbocycles. The van der Waals surface area contributed by atoms with Gasteiger partial charge in [-0.05, 0) is 19.4 Å². The summed E-state index contributed by atoms with van der Waals surface area (Å²) in [7, 11) is 0. The molecule has 6 heteroatoms. The fourth-order valence-electron chi connectivity index (χ4n) is 1.82. The summed E-state index contributed by atoms with van der Waals surface area (Å²) in [5.41, 5.74) is 1.14. The molecule has 0 aliphatic rings. The predicted octanol–water partition coefficient (Wildman–Crippen LogP) is 2.33. The summed E-state index contributed by atoms with van der Waals surface area (Å²) in [5, 5.41) is 7.18. The third kappa shape index (κ3) is 4.09. The first-order chi connectivity index (χ1) is 9.66. The maximum Gasteiger partial charge on any atom is 0.233 e. The molecule has 0 atom stereocenters. The number of hydrogen-bond donors (Lipinski definition) is 1. The Balaban J connectivity index is 1.95. The van der Waals surface area contributed by atoms with Crippen LogP contribution in [0.1, 0.15) is 19.4 Å². The van der Waals surface area contributed by atoms with E-state index >= 15 is 0 Å². The van der Waals surface area contributed by atoms with E-state index < -0.39 is 0 Å². The Morgan fingerprint density at radius 1 is 1.35 bits per heavy atom. The monoisotopic (exact) mass is 290 g/mol. The number of hydrogen-bond acceptors (Lipinski definition) is 4. The summed E-state index contributed by atoms with van der Waals surface area (Å²) < 4.78 is 0. The lowest BCUT2D eigenvalue weighted by Gasteiger charge is -2.26. The molecular formula is C14H18N4OS. The minimum Gasteiger partial charge on any atom is -0.335 e. The number of nitrogens with zero attached hydrogens (tertiary/aromatic N) is 3. The molecule has 0 bridgehead atoms. The van der Waals surface area contributed by atoms with Crippen molar-refractivity contribution in [3.8, 4) is 0 Å². The summed E-state index contributed by atoms with van der Waals surface area (Å²) in [6.07, 6.45) is 1.44. The van der Waals surface area contributed by atoms with E-state index in [0.717, 1.165) is 5.56 Å². The highest BCUT2D eigenvalue weighted by Crippen LogP contribution is 2.15. The highest BCUT2D eigenvalue weighted by atomic mass is 32.2. The van der Waals surface area contributed by atoms with Crippen LogP contribution in [0.5, 0.6) is 0 Å². The van der Waals surface area contributed by atoms with Crippen molar-refractivity contribution in [1.29, 1.82) is 0 Å². The summed E-state index contributed by atoms with van der Waals surface area (Å²) in [4.78, 5) is 18.2. The lowest BCUT2D eigenvalue weighted by atomic mass is 10.2. The zero-order valence-electron chi connectivity index (χ0n) is 11.6. The van der Waals surface area contributed by atoms with E-state index in [2.05, 4.69) is 15.2 Å². The minimum atomic E-state index is 0.102. The first-order valence-electron chi connectivity index (χ1n) is 6.48. The lowest BCUT2D eigenvalue weighted by molar-refractivity contribution is -0.130. The first-order valence-corrected chi connectivity index (χ1v) is 7.47. The zero-order valence-corrected chi connectivity index (χ0v) is 12.4. The van der Waals surface area contributed by atoms with E-state index in [1.807, 2.05) is 49.1 Å². The van der Waals surface area contributed by atoms with Gasteiger partial charge >= 0.3 is 0 Å². The van der Waals surface area contributed by atoms with Crippen LogP contribution in [-0.4, -0.2) is 37.8 Å². The Labute approximate surface area is 122 Å². The van der Waals surface area contributed by atoms with Crippen molar-refractivity contribution >= 4 is 17.7 Å². The van der Waals surface area contributed by atoms with Crippen molar-refractivity contribution < 1.29 is 4.79 Å². The standard InChI is InChI=1S/C14H18N4OS/c1-11(2)18(8-12-6-4-3-5-7-12)13(19)9-20-14-15-10-16-17-14/h3-7,10-11H,8-9H2,1-2H3,(H,15,16,17). The topological polar surface area (TPSA) is 61.9 Å². The smallest absolute Gasteiger partial charge is 0.233 e. The zero-order chi connectivity index (χ0) is 14.4. The molecule has 1 N–H and O–H groups in total. The Kier molecular flexibility index (Phi) is 5.17. The van der Waals surface area contributed by atoms with E-state index in [-0.39, 0.29) is 11.9 Å². The number of thioether (sulfide) groups is 1. The van der Waals surface area contributed by atoms with Crippen molar-refractivity contribution in [2.45, 2.75) is 31.6 Å². The van der Waals surface area contributed by atoms with Gasteiger partial charge in [0.2, 0.25) is 5.91 Å². The molecule has 1 amide bonds. The number of carbonyl (C=O) groups excluding carboxylic acids is 1. The molecule has 0 aliphatic heterocycles. The molecule has 2 aromatic rings. The molecule has 1 heterocycles. The van der Waals surface area contributed by atoms with Gasteiger partial charge in [0.1, 0.15) is 6.33 Å². The number of H-pyrrole nitrogens is 1. The Morgan fingerprint density at radius 2 is 2.10 bits per heavy atom. The summed E-state index contributed by atoms with van der Waals surface area (Å²) >= 11 is 1.37. The maximum absolute atomic E-state index is 12.3. The van der Waals surface area contributed by atoms with Gasteiger partial charge in [0, 0.05) is 12.6 Å². The molecule has 0 unspecified atom stereocenters. The van der Waals surface area contributed by atoms with Crippen LogP contribution in [0.3, 0.4) is 0 Å². The highest BCUT2D eigenvalue weighted by Gasteiger charge is 2.17. The van der Waals surface area contributed by atoms with Gasteiger partial charge in [-0.1, -0.05) is 42.1 Å². The molecule has 2 rings (SSSR count). The molecule has 0 radical (unpaired) electrons. The Morgan fingerprint density at radius 3 is 2.70 bits per heavy atom. The predicted molar refractivity (Wildman–Crippen MR) is 79.2 cm³/mol. The Hall–Kier alpha value is -1.82. The second-order valence-corrected chi connectivity index (χ2v) is 5.64. The Bertz CT molecular complexity index is 527. The van der Waals surface area contributed by atoms with Crippen molar-refractivity contribution in [2.75, 3.05) is 5.75 Å². The van der Waals surface area contributed by atoms with Crippen molar-refractivity contribution in [3.63, 3.8) is 0 Å².